The van der Waals surface area contributed by atoms with E-state index < -0.39 is 38.6 Å². The van der Waals surface area contributed by atoms with Crippen molar-refractivity contribution < 1.29 is 27.1 Å². The molecule has 1 aromatic carbocycles. The predicted molar refractivity (Wildman–Crippen MR) is 70.1 cm³/mol. The lowest BCUT2D eigenvalue weighted by Crippen LogP contribution is -2.44. The van der Waals surface area contributed by atoms with Gasteiger partial charge in [0.25, 0.3) is 0 Å². The molecule has 1 saturated heterocycles. The van der Waals surface area contributed by atoms with Crippen molar-refractivity contribution in [2.45, 2.75) is 36.6 Å². The van der Waals surface area contributed by atoms with Gasteiger partial charge in [-0.3, -0.25) is 4.79 Å². The van der Waals surface area contributed by atoms with Gasteiger partial charge in [-0.15, -0.1) is 0 Å². The Morgan fingerprint density at radius 3 is 2.33 bits per heavy atom. The number of aliphatic carboxylic acids is 1. The lowest BCUT2D eigenvalue weighted by Gasteiger charge is -2.26. The summed E-state index contributed by atoms with van der Waals surface area (Å²) in [5.41, 5.74) is 0. The molecule has 2 rings (SSSR count). The molecule has 1 fully saturated rings. The molecule has 1 atom stereocenters. The highest BCUT2D eigenvalue weighted by Gasteiger charge is 2.36. The normalized spacial score (nSPS) is 21.0. The Labute approximate surface area is 121 Å². The van der Waals surface area contributed by atoms with Crippen LogP contribution < -0.4 is 0 Å². The Balaban J connectivity index is 2.46. The first-order valence-corrected chi connectivity index (χ1v) is 7.97. The summed E-state index contributed by atoms with van der Waals surface area (Å²) in [5.74, 6) is -3.29. The Bertz CT molecular complexity index is 627. The van der Waals surface area contributed by atoms with Gasteiger partial charge >= 0.3 is 5.97 Å². The Kier molecular flexibility index (Phi) is 4.58. The molecule has 1 heterocycles. The first kappa shape index (κ1) is 15.8. The largest absolute Gasteiger partial charge is 0.480 e. The zero-order valence-corrected chi connectivity index (χ0v) is 11.9. The van der Waals surface area contributed by atoms with E-state index in [1.54, 1.807) is 0 Å². The molecule has 0 amide bonds. The molecule has 1 aliphatic heterocycles. The van der Waals surface area contributed by atoms with Crippen LogP contribution in [0.5, 0.6) is 0 Å². The van der Waals surface area contributed by atoms with Crippen LogP contribution in [-0.4, -0.2) is 36.4 Å². The van der Waals surface area contributed by atoms with Crippen molar-refractivity contribution in [2.24, 2.45) is 0 Å². The second kappa shape index (κ2) is 6.07. The zero-order valence-electron chi connectivity index (χ0n) is 11.1. The van der Waals surface area contributed by atoms with Crippen molar-refractivity contribution in [2.75, 3.05) is 6.54 Å². The molecule has 0 aliphatic carbocycles. The van der Waals surface area contributed by atoms with E-state index in [-0.39, 0.29) is 13.0 Å². The fraction of sp³-hybridized carbons (Fsp3) is 0.462. The van der Waals surface area contributed by atoms with E-state index in [1.165, 1.54) is 0 Å². The van der Waals surface area contributed by atoms with Crippen LogP contribution in [0.3, 0.4) is 0 Å². The number of halogens is 2. The van der Waals surface area contributed by atoms with Gasteiger partial charge in [-0.1, -0.05) is 12.8 Å². The summed E-state index contributed by atoms with van der Waals surface area (Å²) in [6.07, 6.45) is 2.01. The molecule has 21 heavy (non-hydrogen) atoms. The van der Waals surface area contributed by atoms with E-state index >= 15 is 0 Å². The number of carbonyl (C=O) groups is 1. The Morgan fingerprint density at radius 1 is 1.14 bits per heavy atom. The lowest BCUT2D eigenvalue weighted by molar-refractivity contribution is -0.141. The van der Waals surface area contributed by atoms with E-state index in [9.17, 15) is 27.1 Å². The SMILES string of the molecule is O=C(O)C1CCCCCN1S(=O)(=O)c1cc(F)cc(F)c1. The topological polar surface area (TPSA) is 74.7 Å². The second-order valence-corrected chi connectivity index (χ2v) is 6.81. The van der Waals surface area contributed by atoms with Crippen molar-refractivity contribution in [3.63, 3.8) is 0 Å². The molecule has 5 nitrogen and oxygen atoms in total. The van der Waals surface area contributed by atoms with Crippen LogP contribution in [0.1, 0.15) is 25.7 Å². The van der Waals surface area contributed by atoms with E-state index in [1.807, 2.05) is 0 Å². The van der Waals surface area contributed by atoms with E-state index in [0.29, 0.717) is 37.5 Å². The van der Waals surface area contributed by atoms with Crippen LogP contribution in [0.2, 0.25) is 0 Å². The maximum atomic E-state index is 13.2. The third kappa shape index (κ3) is 3.38. The van der Waals surface area contributed by atoms with Crippen molar-refractivity contribution in [1.29, 1.82) is 0 Å². The summed E-state index contributed by atoms with van der Waals surface area (Å²) >= 11 is 0. The number of carboxylic acid groups (broad SMARTS) is 1. The summed E-state index contributed by atoms with van der Waals surface area (Å²) in [6.45, 7) is 0.0252. The van der Waals surface area contributed by atoms with Gasteiger partial charge in [-0.25, -0.2) is 17.2 Å². The second-order valence-electron chi connectivity index (χ2n) is 4.92. The highest BCUT2D eigenvalue weighted by Crippen LogP contribution is 2.26. The minimum Gasteiger partial charge on any atom is -0.480 e. The molecule has 116 valence electrons. The van der Waals surface area contributed by atoms with E-state index in [4.69, 9.17) is 0 Å². The quantitative estimate of drug-likeness (QED) is 0.924. The Hall–Kier alpha value is -1.54. The smallest absolute Gasteiger partial charge is 0.322 e. The molecule has 0 radical (unpaired) electrons. The van der Waals surface area contributed by atoms with Gasteiger partial charge < -0.3 is 5.11 Å². The molecule has 0 spiro atoms. The lowest BCUT2D eigenvalue weighted by atomic mass is 10.1. The van der Waals surface area contributed by atoms with Crippen LogP contribution >= 0.6 is 0 Å². The minimum atomic E-state index is -4.25. The number of rotatable bonds is 3. The Morgan fingerprint density at radius 2 is 1.76 bits per heavy atom. The summed E-state index contributed by atoms with van der Waals surface area (Å²) in [4.78, 5) is 10.7. The summed E-state index contributed by atoms with van der Waals surface area (Å²) in [7, 11) is -4.25. The monoisotopic (exact) mass is 319 g/mol. The maximum Gasteiger partial charge on any atom is 0.322 e. The average molecular weight is 319 g/mol. The molecule has 0 aromatic heterocycles. The highest BCUT2D eigenvalue weighted by atomic mass is 32.2. The van der Waals surface area contributed by atoms with E-state index in [0.717, 1.165) is 4.31 Å². The van der Waals surface area contributed by atoms with Crippen LogP contribution in [0.4, 0.5) is 8.78 Å². The molecule has 1 aliphatic rings. The number of hydrogen-bond acceptors (Lipinski definition) is 3. The van der Waals surface area contributed by atoms with Gasteiger partial charge in [0.05, 0.1) is 4.90 Å². The molecule has 8 heteroatoms. The number of hydrogen-bond donors (Lipinski definition) is 1. The molecular weight excluding hydrogens is 304 g/mol. The van der Waals surface area contributed by atoms with Gasteiger partial charge in [-0.05, 0) is 25.0 Å². The third-order valence-electron chi connectivity index (χ3n) is 3.43. The van der Waals surface area contributed by atoms with Crippen molar-refractivity contribution in [3.05, 3.63) is 29.8 Å². The number of sulfonamides is 1. The fourth-order valence-electron chi connectivity index (χ4n) is 2.43. The third-order valence-corrected chi connectivity index (χ3v) is 5.32. The number of benzene rings is 1. The van der Waals surface area contributed by atoms with Gasteiger partial charge in [0, 0.05) is 12.6 Å². The molecule has 1 unspecified atom stereocenters. The summed E-state index contributed by atoms with van der Waals surface area (Å²) in [5, 5.41) is 9.20. The first-order chi connectivity index (χ1) is 9.82. The van der Waals surface area contributed by atoms with Crippen LogP contribution in [0.25, 0.3) is 0 Å². The number of nitrogens with zero attached hydrogens (tertiary/aromatic N) is 1. The first-order valence-electron chi connectivity index (χ1n) is 6.53. The molecule has 0 saturated carbocycles. The maximum absolute atomic E-state index is 13.2. The molecular formula is C13H15F2NO4S. The van der Waals surface area contributed by atoms with Gasteiger partial charge in [0.15, 0.2) is 0 Å². The zero-order chi connectivity index (χ0) is 15.6. The van der Waals surface area contributed by atoms with Crippen molar-refractivity contribution in [1.82, 2.24) is 4.31 Å². The van der Waals surface area contributed by atoms with Crippen LogP contribution in [0.15, 0.2) is 23.1 Å². The molecule has 0 bridgehead atoms. The van der Waals surface area contributed by atoms with Crippen LogP contribution in [-0.2, 0) is 14.8 Å². The summed E-state index contributed by atoms with van der Waals surface area (Å²) < 4.78 is 52.3. The predicted octanol–water partition coefficient (Wildman–Crippen LogP) is 1.98. The standard InChI is InChI=1S/C13H15F2NO4S/c14-9-6-10(15)8-11(7-9)21(19,20)16-5-3-1-2-4-12(16)13(17)18/h6-8,12H,1-5H2,(H,17,18). The summed E-state index contributed by atoms with van der Waals surface area (Å²) in [6, 6.07) is 0.754. The fourth-order valence-corrected chi connectivity index (χ4v) is 4.12. The average Bonchev–Trinajstić information content (AvgIpc) is 2.63. The van der Waals surface area contributed by atoms with Gasteiger partial charge in [0.2, 0.25) is 10.0 Å². The van der Waals surface area contributed by atoms with E-state index in [2.05, 4.69) is 0 Å². The van der Waals surface area contributed by atoms with Gasteiger partial charge in [-0.2, -0.15) is 4.31 Å². The van der Waals surface area contributed by atoms with Crippen molar-refractivity contribution >= 4 is 16.0 Å². The highest BCUT2D eigenvalue weighted by molar-refractivity contribution is 7.89. The molecule has 1 N–H and O–H groups in total. The van der Waals surface area contributed by atoms with Crippen LogP contribution in [0, 0.1) is 11.6 Å². The minimum absolute atomic E-state index is 0.0252. The number of carboxylic acids is 1. The molecule has 1 aromatic rings. The van der Waals surface area contributed by atoms with Crippen molar-refractivity contribution in [3.8, 4) is 0 Å². The van der Waals surface area contributed by atoms with Gasteiger partial charge in [0.1, 0.15) is 17.7 Å².